The van der Waals surface area contributed by atoms with E-state index in [1.165, 1.54) is 18.2 Å². The van der Waals surface area contributed by atoms with E-state index in [4.69, 9.17) is 0 Å². The van der Waals surface area contributed by atoms with Crippen LogP contribution in [0.25, 0.3) is 0 Å². The van der Waals surface area contributed by atoms with E-state index in [1.54, 1.807) is 0 Å². The lowest BCUT2D eigenvalue weighted by atomic mass is 10.2. The summed E-state index contributed by atoms with van der Waals surface area (Å²) in [6, 6.07) is 3.25. The highest BCUT2D eigenvalue weighted by atomic mass is 79.9. The maximum Gasteiger partial charge on any atom is 0.334 e. The van der Waals surface area contributed by atoms with Gasteiger partial charge in [0.2, 0.25) is 0 Å². The van der Waals surface area contributed by atoms with Crippen LogP contribution in [-0.4, -0.2) is 33.7 Å². The number of benzene rings is 1. The summed E-state index contributed by atoms with van der Waals surface area (Å²) >= 11 is 3.20. The molecule has 1 aromatic rings. The minimum absolute atomic E-state index is 0.0481. The van der Waals surface area contributed by atoms with E-state index < -0.39 is 23.7 Å². The summed E-state index contributed by atoms with van der Waals surface area (Å²) in [4.78, 5) is 38.6. The molecule has 0 unspecified atom stereocenters. The zero-order valence-electron chi connectivity index (χ0n) is 11.7. The first-order valence-corrected chi connectivity index (χ1v) is 7.91. The Morgan fingerprint density at radius 1 is 1.14 bits per heavy atom. The Bertz CT molecular complexity index is 658. The predicted molar refractivity (Wildman–Crippen MR) is 79.1 cm³/mol. The van der Waals surface area contributed by atoms with Gasteiger partial charge >= 0.3 is 17.8 Å². The van der Waals surface area contributed by atoms with E-state index in [-0.39, 0.29) is 12.6 Å². The Hall–Kier alpha value is -1.76. The van der Waals surface area contributed by atoms with Crippen LogP contribution >= 0.6 is 15.9 Å². The summed E-state index contributed by atoms with van der Waals surface area (Å²) in [5.74, 6) is -1.98. The lowest BCUT2D eigenvalue weighted by molar-refractivity contribution is -0.144. The summed E-state index contributed by atoms with van der Waals surface area (Å²) in [6.45, 7) is -0.0481. The number of carbonyl (C=O) groups excluding carboxylic acids is 3. The van der Waals surface area contributed by atoms with Crippen molar-refractivity contribution in [1.82, 2.24) is 9.80 Å². The highest BCUT2D eigenvalue weighted by Crippen LogP contribution is 2.29. The van der Waals surface area contributed by atoms with Crippen LogP contribution < -0.4 is 0 Å². The third kappa shape index (κ3) is 2.54. The topological polar surface area (TPSA) is 57.7 Å². The molecular weight excluding hydrogens is 355 g/mol. The van der Waals surface area contributed by atoms with Gasteiger partial charge in [-0.15, -0.1) is 0 Å². The van der Waals surface area contributed by atoms with Crippen LogP contribution in [0.2, 0.25) is 0 Å². The van der Waals surface area contributed by atoms with Gasteiger partial charge in [0.25, 0.3) is 0 Å². The van der Waals surface area contributed by atoms with E-state index in [0.717, 1.165) is 35.5 Å². The van der Waals surface area contributed by atoms with E-state index in [0.29, 0.717) is 10.0 Å². The number of urea groups is 1. The Labute approximate surface area is 135 Å². The molecule has 2 aliphatic rings. The molecule has 0 N–H and O–H groups in total. The Morgan fingerprint density at radius 2 is 1.82 bits per heavy atom. The monoisotopic (exact) mass is 368 g/mol. The average molecular weight is 369 g/mol. The molecule has 0 aromatic heterocycles. The van der Waals surface area contributed by atoms with Crippen LogP contribution in [0.1, 0.15) is 31.2 Å². The van der Waals surface area contributed by atoms with Crippen LogP contribution in [0, 0.1) is 5.82 Å². The summed E-state index contributed by atoms with van der Waals surface area (Å²) in [6.07, 6.45) is 3.41. The van der Waals surface area contributed by atoms with Crippen molar-refractivity contribution in [2.75, 3.05) is 0 Å². The largest absolute Gasteiger partial charge is 0.334 e. The smallest absolute Gasteiger partial charge is 0.263 e. The quantitative estimate of drug-likeness (QED) is 0.608. The SMILES string of the molecule is O=C1C(=O)N(C2CCCC2)C(=O)N1Cc1ccc(F)cc1Br. The predicted octanol–water partition coefficient (Wildman–Crippen LogP) is 2.82. The van der Waals surface area contributed by atoms with Crippen molar-refractivity contribution in [1.29, 1.82) is 0 Å². The molecular formula is C15H14BrFN2O3. The van der Waals surface area contributed by atoms with Crippen LogP contribution in [-0.2, 0) is 16.1 Å². The van der Waals surface area contributed by atoms with Gasteiger partial charge in [-0.25, -0.2) is 9.18 Å². The standard InChI is InChI=1S/C15H14BrFN2O3/c16-12-7-10(17)6-5-9(12)8-18-13(20)14(21)19(15(18)22)11-3-1-2-4-11/h5-7,11H,1-4,8H2. The Balaban J connectivity index is 1.83. The van der Waals surface area contributed by atoms with Gasteiger partial charge in [-0.1, -0.05) is 34.8 Å². The second kappa shape index (κ2) is 5.79. The highest BCUT2D eigenvalue weighted by molar-refractivity contribution is 9.10. The summed E-state index contributed by atoms with van der Waals surface area (Å²) in [7, 11) is 0. The van der Waals surface area contributed by atoms with Crippen LogP contribution in [0.15, 0.2) is 22.7 Å². The Kier molecular flexibility index (Phi) is 3.99. The lowest BCUT2D eigenvalue weighted by Gasteiger charge is -2.21. The molecule has 0 bridgehead atoms. The molecule has 0 radical (unpaired) electrons. The minimum atomic E-state index is -0.812. The molecule has 2 fully saturated rings. The normalized spacial score (nSPS) is 19.6. The maximum absolute atomic E-state index is 13.1. The number of rotatable bonds is 3. The number of hydrogen-bond acceptors (Lipinski definition) is 3. The van der Waals surface area contributed by atoms with Crippen molar-refractivity contribution >= 4 is 33.8 Å². The number of imide groups is 2. The third-order valence-electron chi connectivity index (χ3n) is 4.12. The molecule has 1 aliphatic heterocycles. The van der Waals surface area contributed by atoms with Gasteiger partial charge in [-0.05, 0) is 30.5 Å². The molecule has 1 aromatic carbocycles. The van der Waals surface area contributed by atoms with Gasteiger partial charge in [-0.3, -0.25) is 19.4 Å². The molecule has 1 saturated carbocycles. The zero-order chi connectivity index (χ0) is 15.9. The fourth-order valence-electron chi connectivity index (χ4n) is 2.97. The Morgan fingerprint density at radius 3 is 2.45 bits per heavy atom. The number of hydrogen-bond donors (Lipinski definition) is 0. The minimum Gasteiger partial charge on any atom is -0.263 e. The lowest BCUT2D eigenvalue weighted by Crippen LogP contribution is -2.39. The van der Waals surface area contributed by atoms with Crippen LogP contribution in [0.3, 0.4) is 0 Å². The fraction of sp³-hybridized carbons (Fsp3) is 0.400. The van der Waals surface area contributed by atoms with E-state index in [2.05, 4.69) is 15.9 Å². The molecule has 4 amide bonds. The van der Waals surface area contributed by atoms with Gasteiger partial charge in [0.1, 0.15) is 5.82 Å². The summed E-state index contributed by atoms with van der Waals surface area (Å²) in [5, 5.41) is 0. The van der Waals surface area contributed by atoms with E-state index in [9.17, 15) is 18.8 Å². The third-order valence-corrected chi connectivity index (χ3v) is 4.86. The molecule has 5 nitrogen and oxygen atoms in total. The number of carbonyl (C=O) groups is 3. The van der Waals surface area contributed by atoms with Crippen molar-refractivity contribution in [2.24, 2.45) is 0 Å². The van der Waals surface area contributed by atoms with Gasteiger partial charge in [0.05, 0.1) is 6.54 Å². The van der Waals surface area contributed by atoms with Gasteiger partial charge in [-0.2, -0.15) is 0 Å². The maximum atomic E-state index is 13.1. The van der Waals surface area contributed by atoms with E-state index in [1.807, 2.05) is 0 Å². The second-order valence-electron chi connectivity index (χ2n) is 5.52. The second-order valence-corrected chi connectivity index (χ2v) is 6.38. The first-order valence-electron chi connectivity index (χ1n) is 7.12. The van der Waals surface area contributed by atoms with Gasteiger partial charge in [0, 0.05) is 10.5 Å². The van der Waals surface area contributed by atoms with Crippen molar-refractivity contribution in [3.8, 4) is 0 Å². The zero-order valence-corrected chi connectivity index (χ0v) is 13.3. The van der Waals surface area contributed by atoms with E-state index >= 15 is 0 Å². The van der Waals surface area contributed by atoms with Gasteiger partial charge < -0.3 is 0 Å². The number of nitrogens with zero attached hydrogens (tertiary/aromatic N) is 2. The van der Waals surface area contributed by atoms with Crippen molar-refractivity contribution in [2.45, 2.75) is 38.3 Å². The molecule has 1 saturated heterocycles. The number of halogens is 2. The molecule has 116 valence electrons. The molecule has 1 heterocycles. The molecule has 7 heteroatoms. The van der Waals surface area contributed by atoms with Crippen molar-refractivity contribution in [3.05, 3.63) is 34.1 Å². The number of amides is 4. The van der Waals surface area contributed by atoms with Crippen LogP contribution in [0.5, 0.6) is 0 Å². The van der Waals surface area contributed by atoms with Gasteiger partial charge in [0.15, 0.2) is 0 Å². The van der Waals surface area contributed by atoms with Crippen LogP contribution in [0.4, 0.5) is 9.18 Å². The molecule has 22 heavy (non-hydrogen) atoms. The molecule has 0 spiro atoms. The summed E-state index contributed by atoms with van der Waals surface area (Å²) in [5.41, 5.74) is 0.573. The van der Waals surface area contributed by atoms with Crippen molar-refractivity contribution < 1.29 is 18.8 Å². The highest BCUT2D eigenvalue weighted by Gasteiger charge is 2.48. The summed E-state index contributed by atoms with van der Waals surface area (Å²) < 4.78 is 13.6. The molecule has 3 rings (SSSR count). The molecule has 0 atom stereocenters. The average Bonchev–Trinajstić information content (AvgIpc) is 3.05. The first-order chi connectivity index (χ1) is 10.5. The molecule has 1 aliphatic carbocycles. The van der Waals surface area contributed by atoms with Crippen molar-refractivity contribution in [3.63, 3.8) is 0 Å². The fourth-order valence-corrected chi connectivity index (χ4v) is 3.44. The first kappa shape index (κ1) is 15.1.